The summed E-state index contributed by atoms with van der Waals surface area (Å²) in [5, 5.41) is 4.71. The molecule has 122 valence electrons. The number of nitrogens with zero attached hydrogens (tertiary/aromatic N) is 4. The van der Waals surface area contributed by atoms with Gasteiger partial charge in [0.2, 0.25) is 0 Å². The van der Waals surface area contributed by atoms with Crippen molar-refractivity contribution in [2.45, 2.75) is 32.2 Å². The molecule has 24 heavy (non-hydrogen) atoms. The molecule has 3 aromatic rings. The zero-order valence-electron chi connectivity index (χ0n) is 13.2. The number of nitrogen functional groups attached to an aromatic ring is 1. The van der Waals surface area contributed by atoms with Gasteiger partial charge in [-0.2, -0.15) is 5.10 Å². The van der Waals surface area contributed by atoms with Crippen LogP contribution in [0.25, 0.3) is 11.5 Å². The van der Waals surface area contributed by atoms with Crippen LogP contribution in [0.5, 0.6) is 0 Å². The van der Waals surface area contributed by atoms with Crippen LogP contribution in [0.2, 0.25) is 0 Å². The van der Waals surface area contributed by atoms with E-state index in [1.807, 2.05) is 10.7 Å². The highest BCUT2D eigenvalue weighted by Crippen LogP contribution is 2.30. The van der Waals surface area contributed by atoms with Crippen LogP contribution in [0.1, 0.15) is 29.7 Å². The lowest BCUT2D eigenvalue weighted by Gasteiger charge is -2.14. The van der Waals surface area contributed by atoms with Crippen molar-refractivity contribution in [1.82, 2.24) is 19.7 Å². The molecule has 1 aliphatic carbocycles. The number of hydrogen-bond acceptors (Lipinski definition) is 4. The average Bonchev–Trinajstić information content (AvgIpc) is 2.96. The zero-order valence-corrected chi connectivity index (χ0v) is 13.2. The standard InChI is InChI=1S/C18H18FN5/c19-14-7-3-1-5-12(14)11-24-15-8-4-2-6-13(15)17(23-24)18-21-10-9-16(20)22-18/h1,3,5,7,9-10H,2,4,6,8,11H2,(H2,20,21,22). The third-order valence-electron chi connectivity index (χ3n) is 4.42. The first-order valence-corrected chi connectivity index (χ1v) is 8.13. The van der Waals surface area contributed by atoms with Gasteiger partial charge in [0, 0.05) is 23.0 Å². The molecule has 0 fully saturated rings. The quantitative estimate of drug-likeness (QED) is 0.804. The predicted octanol–water partition coefficient (Wildman–Crippen LogP) is 2.99. The average molecular weight is 323 g/mol. The van der Waals surface area contributed by atoms with Crippen LogP contribution in [-0.2, 0) is 19.4 Å². The third-order valence-corrected chi connectivity index (χ3v) is 4.42. The van der Waals surface area contributed by atoms with E-state index in [9.17, 15) is 4.39 Å². The Balaban J connectivity index is 1.79. The highest BCUT2D eigenvalue weighted by molar-refractivity contribution is 5.58. The van der Waals surface area contributed by atoms with Crippen molar-refractivity contribution in [3.05, 3.63) is 59.2 Å². The van der Waals surface area contributed by atoms with Crippen LogP contribution in [0.4, 0.5) is 10.2 Å². The van der Waals surface area contributed by atoms with E-state index in [1.54, 1.807) is 24.4 Å². The van der Waals surface area contributed by atoms with Gasteiger partial charge in [-0.1, -0.05) is 18.2 Å². The van der Waals surface area contributed by atoms with E-state index in [-0.39, 0.29) is 5.82 Å². The van der Waals surface area contributed by atoms with Gasteiger partial charge < -0.3 is 5.73 Å². The van der Waals surface area contributed by atoms with Crippen LogP contribution in [0.3, 0.4) is 0 Å². The van der Waals surface area contributed by atoms with Gasteiger partial charge in [0.15, 0.2) is 5.82 Å². The molecule has 2 heterocycles. The topological polar surface area (TPSA) is 69.6 Å². The maximum Gasteiger partial charge on any atom is 0.182 e. The molecule has 4 rings (SSSR count). The Morgan fingerprint density at radius 3 is 2.79 bits per heavy atom. The van der Waals surface area contributed by atoms with Crippen LogP contribution in [0.15, 0.2) is 36.5 Å². The molecule has 0 saturated heterocycles. The van der Waals surface area contributed by atoms with Crippen LogP contribution >= 0.6 is 0 Å². The van der Waals surface area contributed by atoms with E-state index in [0.29, 0.717) is 23.8 Å². The molecule has 0 atom stereocenters. The van der Waals surface area contributed by atoms with E-state index in [2.05, 4.69) is 9.97 Å². The molecule has 0 radical (unpaired) electrons. The highest BCUT2D eigenvalue weighted by atomic mass is 19.1. The fraction of sp³-hybridized carbons (Fsp3) is 0.278. The highest BCUT2D eigenvalue weighted by Gasteiger charge is 2.23. The Labute approximate surface area is 139 Å². The van der Waals surface area contributed by atoms with Gasteiger partial charge in [-0.15, -0.1) is 0 Å². The van der Waals surface area contributed by atoms with Crippen LogP contribution in [-0.4, -0.2) is 19.7 Å². The van der Waals surface area contributed by atoms with Crippen molar-refractivity contribution in [1.29, 1.82) is 0 Å². The summed E-state index contributed by atoms with van der Waals surface area (Å²) in [7, 11) is 0. The zero-order chi connectivity index (χ0) is 16.5. The summed E-state index contributed by atoms with van der Waals surface area (Å²) >= 11 is 0. The maximum absolute atomic E-state index is 14.0. The molecule has 0 aliphatic heterocycles. The Hall–Kier alpha value is -2.76. The lowest BCUT2D eigenvalue weighted by atomic mass is 9.95. The third kappa shape index (κ3) is 2.64. The van der Waals surface area contributed by atoms with Gasteiger partial charge in [0.05, 0.1) is 6.54 Å². The molecular formula is C18H18FN5. The molecule has 0 unspecified atom stereocenters. The van der Waals surface area contributed by atoms with Crippen molar-refractivity contribution in [2.75, 3.05) is 5.73 Å². The summed E-state index contributed by atoms with van der Waals surface area (Å²) in [5.41, 5.74) is 9.52. The summed E-state index contributed by atoms with van der Waals surface area (Å²) in [6.07, 6.45) is 5.77. The molecule has 2 aromatic heterocycles. The van der Waals surface area contributed by atoms with Gasteiger partial charge >= 0.3 is 0 Å². The first-order valence-electron chi connectivity index (χ1n) is 8.13. The molecule has 0 saturated carbocycles. The minimum atomic E-state index is -0.209. The van der Waals surface area contributed by atoms with Crippen LogP contribution in [0, 0.1) is 5.82 Å². The Bertz CT molecular complexity index is 887. The van der Waals surface area contributed by atoms with E-state index >= 15 is 0 Å². The SMILES string of the molecule is Nc1ccnc(-c2nn(Cc3ccccc3F)c3c2CCCC3)n1. The first-order chi connectivity index (χ1) is 11.7. The molecule has 5 nitrogen and oxygen atoms in total. The maximum atomic E-state index is 14.0. The van der Waals surface area contributed by atoms with Crippen molar-refractivity contribution in [3.63, 3.8) is 0 Å². The number of benzene rings is 1. The molecule has 0 spiro atoms. The molecule has 2 N–H and O–H groups in total. The van der Waals surface area contributed by atoms with Gasteiger partial charge in [0.25, 0.3) is 0 Å². The van der Waals surface area contributed by atoms with Crippen molar-refractivity contribution < 1.29 is 4.39 Å². The number of rotatable bonds is 3. The monoisotopic (exact) mass is 323 g/mol. The summed E-state index contributed by atoms with van der Waals surface area (Å²) in [6, 6.07) is 8.47. The molecule has 1 aromatic carbocycles. The van der Waals surface area contributed by atoms with Crippen LogP contribution < -0.4 is 5.73 Å². The van der Waals surface area contributed by atoms with E-state index in [0.717, 1.165) is 37.1 Å². The minimum Gasteiger partial charge on any atom is -0.384 e. The number of halogens is 1. The number of nitrogens with two attached hydrogens (primary N) is 1. The Kier molecular flexibility index (Phi) is 3.72. The van der Waals surface area contributed by atoms with Gasteiger partial charge in [-0.25, -0.2) is 14.4 Å². The molecule has 0 bridgehead atoms. The van der Waals surface area contributed by atoms with Gasteiger partial charge in [-0.05, 0) is 37.8 Å². The fourth-order valence-electron chi connectivity index (χ4n) is 3.26. The second kappa shape index (κ2) is 6.03. The van der Waals surface area contributed by atoms with E-state index < -0.39 is 0 Å². The number of fused-ring (bicyclic) bond motifs is 1. The van der Waals surface area contributed by atoms with E-state index in [1.165, 1.54) is 11.6 Å². The first kappa shape index (κ1) is 14.8. The van der Waals surface area contributed by atoms with Gasteiger partial charge in [-0.3, -0.25) is 4.68 Å². The minimum absolute atomic E-state index is 0.209. The lowest BCUT2D eigenvalue weighted by Crippen LogP contribution is -2.11. The van der Waals surface area contributed by atoms with Gasteiger partial charge in [0.1, 0.15) is 17.3 Å². The van der Waals surface area contributed by atoms with Crippen molar-refractivity contribution in [2.24, 2.45) is 0 Å². The summed E-state index contributed by atoms with van der Waals surface area (Å²) < 4.78 is 15.9. The predicted molar refractivity (Wildman–Crippen MR) is 89.8 cm³/mol. The molecule has 1 aliphatic rings. The summed E-state index contributed by atoms with van der Waals surface area (Å²) in [6.45, 7) is 0.414. The lowest BCUT2D eigenvalue weighted by molar-refractivity contribution is 0.561. The largest absolute Gasteiger partial charge is 0.384 e. The normalized spacial score (nSPS) is 13.7. The molecular weight excluding hydrogens is 305 g/mol. The van der Waals surface area contributed by atoms with Crippen molar-refractivity contribution in [3.8, 4) is 11.5 Å². The Morgan fingerprint density at radius 2 is 1.96 bits per heavy atom. The molecule has 6 heteroatoms. The smallest absolute Gasteiger partial charge is 0.182 e. The summed E-state index contributed by atoms with van der Waals surface area (Å²) in [5.74, 6) is 0.757. The van der Waals surface area contributed by atoms with E-state index in [4.69, 9.17) is 10.8 Å². The van der Waals surface area contributed by atoms with Crippen molar-refractivity contribution >= 4 is 5.82 Å². The number of aromatic nitrogens is 4. The Morgan fingerprint density at radius 1 is 1.12 bits per heavy atom. The summed E-state index contributed by atoms with van der Waals surface area (Å²) in [4.78, 5) is 8.62. The number of anilines is 1. The fourth-order valence-corrected chi connectivity index (χ4v) is 3.26. The molecule has 0 amide bonds. The second-order valence-electron chi connectivity index (χ2n) is 6.04. The number of hydrogen-bond donors (Lipinski definition) is 1. The second-order valence-corrected chi connectivity index (χ2v) is 6.04.